The lowest BCUT2D eigenvalue weighted by atomic mass is 9.96. The first-order valence-electron chi connectivity index (χ1n) is 37.4. The van der Waals surface area contributed by atoms with E-state index in [2.05, 4.69) is 89.1 Å². The number of amides is 13. The number of carboxylic acid groups (broad SMARTS) is 1. The van der Waals surface area contributed by atoms with E-state index < -0.39 is 205 Å². The van der Waals surface area contributed by atoms with Crippen LogP contribution in [0.2, 0.25) is 0 Å². The number of aromatic amines is 2. The number of rotatable bonds is 53. The lowest BCUT2D eigenvalue weighted by molar-refractivity contribution is -0.139. The van der Waals surface area contributed by atoms with Crippen molar-refractivity contribution in [2.24, 2.45) is 40.9 Å². The largest absolute Gasteiger partial charge is 0.508 e. The Balaban J connectivity index is 1.98. The van der Waals surface area contributed by atoms with Gasteiger partial charge in [-0.1, -0.05) is 73.9 Å². The second kappa shape index (κ2) is 50.2. The molecule has 2 aromatic heterocycles. The Bertz CT molecular complexity index is 3500. The van der Waals surface area contributed by atoms with Crippen LogP contribution in [0.4, 0.5) is 0 Å². The number of hydrogen-bond acceptors (Lipinski definition) is 24. The van der Waals surface area contributed by atoms with Gasteiger partial charge < -0.3 is 122 Å². The van der Waals surface area contributed by atoms with E-state index in [0.29, 0.717) is 42.6 Å². The van der Waals surface area contributed by atoms with Crippen molar-refractivity contribution in [3.63, 3.8) is 0 Å². The normalized spacial score (nSPS) is 15.4. The monoisotopic (exact) mass is 1600 g/mol. The van der Waals surface area contributed by atoms with Crippen molar-refractivity contribution in [3.8, 4) is 5.75 Å². The van der Waals surface area contributed by atoms with E-state index in [9.17, 15) is 87.5 Å². The number of phenolic OH excluding ortho intramolecular Hbond substituents is 1. The van der Waals surface area contributed by atoms with Gasteiger partial charge in [-0.15, -0.1) is 0 Å². The third kappa shape index (κ3) is 33.6. The SMILES string of the molecule is CC[C@H](C)[C@H](NC(=O)[C@H](CCCCN)NC(=O)[C@@H](NC(=O)[C@H](CCSC)NC(=O)[C@H](Cc1cnc[nH]1)NC(=O)[C@H](Cc1cnc[nH]1)NC(=O)[C@H](CC(C)C)NC(=O)[C@H](CCCCN)NC(=O)[C@@H](NC(=O)[C@H](Cc1ccc(O)cc1)NC(=O)[C@H](CO)NC(=O)[C@@H](N)[C@@H](C)O)C(C)C)C(C)C)C(=O)N[C@@H](CO)C(=O)NCC(=O)O. The molecular formula is C72H118N20O19S. The number of aliphatic hydroxyl groups is 3. The fourth-order valence-corrected chi connectivity index (χ4v) is 11.8. The summed E-state index contributed by atoms with van der Waals surface area (Å²) in [5, 5.41) is 82.5. The topological polar surface area (TPSA) is 632 Å². The van der Waals surface area contributed by atoms with Gasteiger partial charge in [-0.25, -0.2) is 9.97 Å². The molecule has 0 spiro atoms. The third-order valence-corrected chi connectivity index (χ3v) is 18.8. The van der Waals surface area contributed by atoms with Crippen LogP contribution in [0, 0.1) is 23.7 Å². The van der Waals surface area contributed by atoms with Crippen LogP contribution in [-0.2, 0) is 86.4 Å². The zero-order valence-corrected chi connectivity index (χ0v) is 66.0. The molecule has 0 aliphatic heterocycles. The van der Waals surface area contributed by atoms with Gasteiger partial charge in [0.15, 0.2) is 0 Å². The number of hydrogen-bond donors (Lipinski definition) is 23. The summed E-state index contributed by atoms with van der Waals surface area (Å²) in [6.07, 6.45) is 6.76. The summed E-state index contributed by atoms with van der Waals surface area (Å²) in [7, 11) is 0. The number of H-pyrrole nitrogens is 2. The fourth-order valence-electron chi connectivity index (χ4n) is 11.3. The number of carbonyl (C=O) groups is 14. The predicted molar refractivity (Wildman–Crippen MR) is 411 cm³/mol. The van der Waals surface area contributed by atoms with Gasteiger partial charge in [0.1, 0.15) is 90.8 Å². The number of carbonyl (C=O) groups excluding carboxylic acids is 13. The highest BCUT2D eigenvalue weighted by Crippen LogP contribution is 2.17. The first-order chi connectivity index (χ1) is 53.0. The molecule has 0 aliphatic rings. The Morgan fingerprint density at radius 3 is 1.24 bits per heavy atom. The zero-order valence-electron chi connectivity index (χ0n) is 65.2. The Hall–Kier alpha value is -9.87. The minimum Gasteiger partial charge on any atom is -0.508 e. The van der Waals surface area contributed by atoms with Crippen LogP contribution >= 0.6 is 11.8 Å². The minimum atomic E-state index is -1.66. The molecule has 0 unspecified atom stereocenters. The molecular weight excluding hydrogens is 1480 g/mol. The second-order valence-corrected chi connectivity index (χ2v) is 29.5. The van der Waals surface area contributed by atoms with Gasteiger partial charge in [-0.05, 0) is 125 Å². The van der Waals surface area contributed by atoms with Gasteiger partial charge >= 0.3 is 5.97 Å². The Morgan fingerprint density at radius 1 is 0.464 bits per heavy atom. The average molecular weight is 1600 g/mol. The Labute approximate surface area is 655 Å². The molecule has 3 rings (SSSR count). The van der Waals surface area contributed by atoms with E-state index >= 15 is 0 Å². The molecule has 0 saturated carbocycles. The van der Waals surface area contributed by atoms with Crippen molar-refractivity contribution in [1.82, 2.24) is 89.1 Å². The van der Waals surface area contributed by atoms with E-state index in [4.69, 9.17) is 22.3 Å². The molecule has 1 aromatic carbocycles. The van der Waals surface area contributed by atoms with E-state index in [1.54, 1.807) is 61.6 Å². The number of nitrogens with one attached hydrogen (secondary N) is 15. The molecule has 0 saturated heterocycles. The van der Waals surface area contributed by atoms with Crippen molar-refractivity contribution in [1.29, 1.82) is 0 Å². The lowest BCUT2D eigenvalue weighted by Gasteiger charge is -2.30. The van der Waals surface area contributed by atoms with Gasteiger partial charge in [0, 0.05) is 43.0 Å². The number of nitrogens with two attached hydrogens (primary N) is 3. The molecule has 0 bridgehead atoms. The minimum absolute atomic E-state index is 0.00594. The van der Waals surface area contributed by atoms with Crippen LogP contribution in [-0.4, -0.2) is 258 Å². The van der Waals surface area contributed by atoms with Crippen LogP contribution in [0.25, 0.3) is 0 Å². The van der Waals surface area contributed by atoms with Crippen molar-refractivity contribution in [2.45, 2.75) is 224 Å². The zero-order chi connectivity index (χ0) is 83.9. The molecule has 40 heteroatoms. The maximum Gasteiger partial charge on any atom is 0.322 e. The van der Waals surface area contributed by atoms with Crippen LogP contribution in [0.15, 0.2) is 49.3 Å². The predicted octanol–water partition coefficient (Wildman–Crippen LogP) is -5.01. The van der Waals surface area contributed by atoms with Crippen molar-refractivity contribution in [3.05, 3.63) is 66.3 Å². The number of benzene rings is 1. The molecule has 2 heterocycles. The number of unbranched alkanes of at least 4 members (excludes halogenated alkanes) is 2. The molecule has 39 nitrogen and oxygen atoms in total. The van der Waals surface area contributed by atoms with Gasteiger partial charge in [-0.2, -0.15) is 11.8 Å². The van der Waals surface area contributed by atoms with E-state index in [0.717, 1.165) is 0 Å². The summed E-state index contributed by atoms with van der Waals surface area (Å²) in [6.45, 7) is 12.3. The Morgan fingerprint density at radius 2 is 0.830 bits per heavy atom. The third-order valence-electron chi connectivity index (χ3n) is 18.1. The molecule has 13 amide bonds. The molecule has 0 fully saturated rings. The molecule has 0 aliphatic carbocycles. The highest BCUT2D eigenvalue weighted by Gasteiger charge is 2.40. The summed E-state index contributed by atoms with van der Waals surface area (Å²) in [6, 6.07) is -13.3. The van der Waals surface area contributed by atoms with Gasteiger partial charge in [0.05, 0.1) is 32.0 Å². The van der Waals surface area contributed by atoms with E-state index in [1.807, 2.05) is 0 Å². The summed E-state index contributed by atoms with van der Waals surface area (Å²) in [5.41, 5.74) is 18.5. The van der Waals surface area contributed by atoms with Crippen LogP contribution < -0.4 is 86.3 Å². The molecule has 15 atom stereocenters. The number of aromatic hydroxyl groups is 1. The number of imidazole rings is 2. The molecule has 626 valence electrons. The fraction of sp³-hybridized carbons (Fsp3) is 0.639. The number of thioether (sulfide) groups is 1. The summed E-state index contributed by atoms with van der Waals surface area (Å²) < 4.78 is 0. The number of aliphatic hydroxyl groups excluding tert-OH is 3. The maximum atomic E-state index is 14.9. The van der Waals surface area contributed by atoms with Crippen LogP contribution in [0.1, 0.15) is 137 Å². The standard InChI is InChI=1S/C72H118N20O19S/c1-11-40(8)59(72(111)89-53(33-93)60(99)78-32-55(97)98)92-62(101)47(17-13-15-24-74)83-70(109)57(38(4)5)90-63(102)48(22-25-112-10)81-65(104)51(28-43-30-76-35-79-43)87-66(105)52(29-44-31-77-36-80-44)86-64(103)49(26-37(2)3)84-61(100)46(16-12-14-23-73)82-71(110)58(39(6)7)91-67(106)50(27-42-18-20-45(96)21-19-42)85-68(107)54(34-94)88-69(108)56(75)41(9)95/h18-21,30-31,35-41,46-54,56-59,93-96H,11-17,22-29,32-34,73-75H2,1-10H3,(H,76,79)(H,77,80)(H,78,99)(H,81,104)(H,82,110)(H,83,109)(H,84,100)(H,85,107)(H,86,103)(H,87,105)(H,88,108)(H,89,111)(H,90,102)(H,91,106)(H,92,101)(H,97,98)/t40-,41+,46-,47-,48-,49-,50-,51-,52-,53-,54-,56-,57-,58-,59-/m0/s1. The molecule has 26 N–H and O–H groups in total. The van der Waals surface area contributed by atoms with Gasteiger partial charge in [0.2, 0.25) is 76.8 Å². The summed E-state index contributed by atoms with van der Waals surface area (Å²) in [5.74, 6) is -15.2. The van der Waals surface area contributed by atoms with Crippen LogP contribution in [0.5, 0.6) is 5.75 Å². The number of nitrogens with zero attached hydrogens (tertiary/aromatic N) is 2. The number of aliphatic carboxylic acids is 1. The van der Waals surface area contributed by atoms with Crippen molar-refractivity contribution in [2.75, 3.05) is 44.9 Å². The van der Waals surface area contributed by atoms with Crippen molar-refractivity contribution < 1.29 is 92.7 Å². The quantitative estimate of drug-likeness (QED) is 0.0235. The maximum absolute atomic E-state index is 14.9. The van der Waals surface area contributed by atoms with Crippen LogP contribution in [0.3, 0.4) is 0 Å². The number of phenols is 1. The average Bonchev–Trinajstić information content (AvgIpc) is 0.914. The second-order valence-electron chi connectivity index (χ2n) is 28.5. The van der Waals surface area contributed by atoms with E-state index in [1.165, 1.54) is 68.0 Å². The smallest absolute Gasteiger partial charge is 0.322 e. The highest BCUT2D eigenvalue weighted by molar-refractivity contribution is 7.98. The summed E-state index contributed by atoms with van der Waals surface area (Å²) >= 11 is 1.33. The molecule has 3 aromatic rings. The highest BCUT2D eigenvalue weighted by atomic mass is 32.2. The first kappa shape index (κ1) is 96.3. The molecule has 0 radical (unpaired) electrons. The number of carboxylic acids is 1. The van der Waals surface area contributed by atoms with E-state index in [-0.39, 0.29) is 81.9 Å². The lowest BCUT2D eigenvalue weighted by Crippen LogP contribution is -2.62. The first-order valence-corrected chi connectivity index (χ1v) is 38.8. The van der Waals surface area contributed by atoms with Gasteiger partial charge in [0.25, 0.3) is 0 Å². The summed E-state index contributed by atoms with van der Waals surface area (Å²) in [4.78, 5) is 209. The number of aromatic nitrogens is 4. The Kier molecular flexibility index (Phi) is 43.2. The van der Waals surface area contributed by atoms with Gasteiger partial charge in [-0.3, -0.25) is 67.1 Å². The molecule has 112 heavy (non-hydrogen) atoms. The van der Waals surface area contributed by atoms with Crippen molar-refractivity contribution >= 4 is 94.5 Å².